The lowest BCUT2D eigenvalue weighted by Gasteiger charge is -2.22. The number of anilines is 1. The maximum Gasteiger partial charge on any atom is 0.224 e. The molecule has 2 aromatic heterocycles. The van der Waals surface area contributed by atoms with Gasteiger partial charge in [0, 0.05) is 13.1 Å². The van der Waals surface area contributed by atoms with E-state index in [9.17, 15) is 4.79 Å². The Morgan fingerprint density at radius 3 is 2.58 bits per heavy atom. The van der Waals surface area contributed by atoms with Gasteiger partial charge in [-0.3, -0.25) is 9.36 Å². The van der Waals surface area contributed by atoms with Crippen LogP contribution in [-0.2, 0) is 17.9 Å². The lowest BCUT2D eigenvalue weighted by molar-refractivity contribution is -0.126. The summed E-state index contributed by atoms with van der Waals surface area (Å²) in [5, 5.41) is 4.41. The molecule has 0 atom stereocenters. The summed E-state index contributed by atoms with van der Waals surface area (Å²) >= 11 is 0. The molecule has 0 radical (unpaired) electrons. The Bertz CT molecular complexity index is 636. The fourth-order valence-corrected chi connectivity index (χ4v) is 2.09. The number of nitrogens with zero attached hydrogens (tertiary/aromatic N) is 4. The summed E-state index contributed by atoms with van der Waals surface area (Å²) in [4.78, 5) is 15.8. The quantitative estimate of drug-likeness (QED) is 0.846. The lowest BCUT2D eigenvalue weighted by Crippen LogP contribution is -2.35. The molecule has 0 aliphatic heterocycles. The number of aryl methyl sites for hydroxylation is 2. The molecule has 7 nitrogen and oxygen atoms in total. The van der Waals surface area contributed by atoms with Crippen molar-refractivity contribution in [3.8, 4) is 0 Å². The van der Waals surface area contributed by atoms with E-state index < -0.39 is 5.41 Å². The Labute approximate surface area is 111 Å². The second-order valence-corrected chi connectivity index (χ2v) is 5.38. The van der Waals surface area contributed by atoms with Gasteiger partial charge in [-0.1, -0.05) is 0 Å². The summed E-state index contributed by atoms with van der Waals surface area (Å²) in [6, 6.07) is 0. The number of amides is 1. The highest BCUT2D eigenvalue weighted by molar-refractivity contribution is 5.81. The van der Waals surface area contributed by atoms with Crippen molar-refractivity contribution >= 4 is 23.0 Å². The second-order valence-electron chi connectivity index (χ2n) is 5.38. The van der Waals surface area contributed by atoms with Crippen molar-refractivity contribution in [2.75, 3.05) is 5.73 Å². The first-order chi connectivity index (χ1) is 8.77. The van der Waals surface area contributed by atoms with E-state index in [4.69, 9.17) is 11.5 Å². The normalized spacial score (nSPS) is 12.2. The summed E-state index contributed by atoms with van der Waals surface area (Å²) in [5.74, 6) is 0.0139. The van der Waals surface area contributed by atoms with Crippen LogP contribution in [-0.4, -0.2) is 25.2 Å². The molecule has 2 aromatic rings. The number of aromatic nitrogens is 4. The van der Waals surface area contributed by atoms with Crippen molar-refractivity contribution in [2.24, 2.45) is 11.1 Å². The Kier molecular flexibility index (Phi) is 3.00. The maximum atomic E-state index is 11.5. The minimum atomic E-state index is -0.696. The van der Waals surface area contributed by atoms with Gasteiger partial charge in [-0.25, -0.2) is 9.67 Å². The standard InChI is InChI=1S/C12H20N6O/c1-5-18-9-8(7(2)16-18)15-11(14)17(9)6-12(3,4)10(13)19/h5-6H2,1-4H3,(H2,13,19)(H2,14,15). The zero-order chi connectivity index (χ0) is 14.4. The van der Waals surface area contributed by atoms with Crippen LogP contribution in [0.2, 0.25) is 0 Å². The van der Waals surface area contributed by atoms with Gasteiger partial charge in [0.2, 0.25) is 11.9 Å². The molecule has 0 aromatic carbocycles. The summed E-state index contributed by atoms with van der Waals surface area (Å²) in [5.41, 5.74) is 13.1. The van der Waals surface area contributed by atoms with E-state index in [1.807, 2.05) is 23.1 Å². The van der Waals surface area contributed by atoms with Gasteiger partial charge in [-0.2, -0.15) is 5.10 Å². The van der Waals surface area contributed by atoms with Gasteiger partial charge in [0.1, 0.15) is 5.52 Å². The number of fused-ring (bicyclic) bond motifs is 1. The number of rotatable bonds is 4. The fraction of sp³-hybridized carbons (Fsp3) is 0.583. The molecular weight excluding hydrogens is 244 g/mol. The summed E-state index contributed by atoms with van der Waals surface area (Å²) in [7, 11) is 0. The first-order valence-electron chi connectivity index (χ1n) is 6.27. The van der Waals surface area contributed by atoms with Crippen molar-refractivity contribution in [2.45, 2.75) is 40.8 Å². The zero-order valence-corrected chi connectivity index (χ0v) is 11.8. The third kappa shape index (κ3) is 2.05. The van der Waals surface area contributed by atoms with Crippen LogP contribution in [0.3, 0.4) is 0 Å². The Hall–Kier alpha value is -2.05. The summed E-state index contributed by atoms with van der Waals surface area (Å²) < 4.78 is 3.65. The molecular formula is C12H20N6O. The van der Waals surface area contributed by atoms with E-state index in [0.717, 1.165) is 16.9 Å². The van der Waals surface area contributed by atoms with Crippen molar-refractivity contribution in [1.82, 2.24) is 19.3 Å². The molecule has 104 valence electrons. The zero-order valence-electron chi connectivity index (χ0n) is 11.8. The molecule has 0 saturated carbocycles. The van der Waals surface area contributed by atoms with E-state index >= 15 is 0 Å². The highest BCUT2D eigenvalue weighted by atomic mass is 16.1. The number of hydrogen-bond acceptors (Lipinski definition) is 4. The third-order valence-corrected chi connectivity index (χ3v) is 3.35. The topological polar surface area (TPSA) is 105 Å². The molecule has 4 N–H and O–H groups in total. The molecule has 0 spiro atoms. The van der Waals surface area contributed by atoms with Gasteiger partial charge in [0.25, 0.3) is 0 Å². The van der Waals surface area contributed by atoms with Gasteiger partial charge in [0.05, 0.1) is 11.1 Å². The molecule has 0 aliphatic carbocycles. The molecule has 0 saturated heterocycles. The number of carbonyl (C=O) groups is 1. The minimum Gasteiger partial charge on any atom is -0.369 e. The van der Waals surface area contributed by atoms with E-state index in [2.05, 4.69) is 10.1 Å². The molecule has 2 heterocycles. The van der Waals surface area contributed by atoms with Crippen molar-refractivity contribution in [3.63, 3.8) is 0 Å². The number of nitrogen functional groups attached to an aromatic ring is 1. The van der Waals surface area contributed by atoms with Crippen molar-refractivity contribution < 1.29 is 4.79 Å². The number of carbonyl (C=O) groups excluding carboxylic acids is 1. The number of primary amides is 1. The van der Waals surface area contributed by atoms with E-state index in [0.29, 0.717) is 19.0 Å². The third-order valence-electron chi connectivity index (χ3n) is 3.35. The molecule has 0 bridgehead atoms. The molecule has 2 rings (SSSR count). The molecule has 19 heavy (non-hydrogen) atoms. The van der Waals surface area contributed by atoms with E-state index in [1.165, 1.54) is 0 Å². The van der Waals surface area contributed by atoms with Crippen LogP contribution in [0.4, 0.5) is 5.95 Å². The van der Waals surface area contributed by atoms with Crippen LogP contribution in [0.5, 0.6) is 0 Å². The van der Waals surface area contributed by atoms with Gasteiger partial charge in [-0.15, -0.1) is 0 Å². The summed E-state index contributed by atoms with van der Waals surface area (Å²) in [6.45, 7) is 8.58. The SMILES string of the molecule is CCn1nc(C)c2nc(N)n(CC(C)(C)C(N)=O)c21. The smallest absolute Gasteiger partial charge is 0.224 e. The molecule has 0 fully saturated rings. The largest absolute Gasteiger partial charge is 0.369 e. The average Bonchev–Trinajstić information content (AvgIpc) is 2.78. The Morgan fingerprint density at radius 2 is 2.05 bits per heavy atom. The van der Waals surface area contributed by atoms with Crippen LogP contribution < -0.4 is 11.5 Å². The van der Waals surface area contributed by atoms with Crippen LogP contribution in [0.15, 0.2) is 0 Å². The number of nitrogens with two attached hydrogens (primary N) is 2. The van der Waals surface area contributed by atoms with Gasteiger partial charge >= 0.3 is 0 Å². The van der Waals surface area contributed by atoms with Gasteiger partial charge in [-0.05, 0) is 27.7 Å². The highest BCUT2D eigenvalue weighted by Crippen LogP contribution is 2.26. The number of hydrogen-bond donors (Lipinski definition) is 2. The van der Waals surface area contributed by atoms with E-state index in [-0.39, 0.29) is 5.91 Å². The predicted molar refractivity (Wildman–Crippen MR) is 73.3 cm³/mol. The van der Waals surface area contributed by atoms with Crippen LogP contribution in [0, 0.1) is 12.3 Å². The van der Waals surface area contributed by atoms with Crippen LogP contribution >= 0.6 is 0 Å². The maximum absolute atomic E-state index is 11.5. The molecule has 0 aliphatic rings. The van der Waals surface area contributed by atoms with Crippen molar-refractivity contribution in [3.05, 3.63) is 5.69 Å². The lowest BCUT2D eigenvalue weighted by atomic mass is 9.92. The van der Waals surface area contributed by atoms with Crippen molar-refractivity contribution in [1.29, 1.82) is 0 Å². The first kappa shape index (κ1) is 13.4. The number of imidazole rings is 1. The molecule has 7 heteroatoms. The monoisotopic (exact) mass is 264 g/mol. The predicted octanol–water partition coefficient (Wildman–Crippen LogP) is 0.655. The second kappa shape index (κ2) is 4.25. The molecule has 0 unspecified atom stereocenters. The molecule has 1 amide bonds. The van der Waals surface area contributed by atoms with Gasteiger partial charge < -0.3 is 11.5 Å². The van der Waals surface area contributed by atoms with Crippen LogP contribution in [0.1, 0.15) is 26.5 Å². The van der Waals surface area contributed by atoms with Crippen LogP contribution in [0.25, 0.3) is 11.2 Å². The minimum absolute atomic E-state index is 0.368. The average molecular weight is 264 g/mol. The summed E-state index contributed by atoms with van der Waals surface area (Å²) in [6.07, 6.45) is 0. The highest BCUT2D eigenvalue weighted by Gasteiger charge is 2.28. The fourth-order valence-electron chi connectivity index (χ4n) is 2.09. The van der Waals surface area contributed by atoms with Gasteiger partial charge in [0.15, 0.2) is 5.65 Å². The Morgan fingerprint density at radius 1 is 1.42 bits per heavy atom. The van der Waals surface area contributed by atoms with E-state index in [1.54, 1.807) is 13.8 Å². The first-order valence-corrected chi connectivity index (χ1v) is 6.27. The Balaban J connectivity index is 2.60.